The van der Waals surface area contributed by atoms with Gasteiger partial charge in [0.1, 0.15) is 0 Å². The van der Waals surface area contributed by atoms with E-state index in [1.54, 1.807) is 0 Å². The third-order valence-corrected chi connectivity index (χ3v) is 2.87. The first kappa shape index (κ1) is 21.7. The Morgan fingerprint density at radius 1 is 1.00 bits per heavy atom. The third kappa shape index (κ3) is 6.42. The molecule has 1 aromatic carbocycles. The van der Waals surface area contributed by atoms with E-state index in [1.165, 1.54) is 0 Å². The Morgan fingerprint density at radius 2 is 1.36 bits per heavy atom. The van der Waals surface area contributed by atoms with Gasteiger partial charge in [-0.05, 0) is 30.7 Å². The molecule has 1 rings (SSSR count). The summed E-state index contributed by atoms with van der Waals surface area (Å²) in [4.78, 5) is 0. The Hall–Kier alpha value is -0.330. The van der Waals surface area contributed by atoms with Gasteiger partial charge >= 0.3 is 41.9 Å². The first-order valence-corrected chi connectivity index (χ1v) is 6.47. The van der Waals surface area contributed by atoms with Crippen LogP contribution in [0, 0.1) is 0 Å². The molecule has 1 aromatic rings. The van der Waals surface area contributed by atoms with Crippen molar-refractivity contribution in [2.75, 3.05) is 0 Å². The SMILES string of the molecule is C[C@@H](OS(=O)(=O)[O-])c1cc(C(F)(F)F)cc(C(F)(F)F)c1.[Na+]. The molecule has 0 radical (unpaired) electrons. The zero-order chi connectivity index (χ0) is 16.6. The van der Waals surface area contributed by atoms with Crippen LogP contribution < -0.4 is 29.6 Å². The molecular weight excluding hydrogens is 353 g/mol. The standard InChI is InChI=1S/C10H8F6O4S.Na/c1-5(20-21(17,18)19)6-2-7(9(11,12)13)4-8(3-6)10(14,15)16;/h2-5H,1H3,(H,17,18,19);/q;+1/p-1/t5-;/m1./s1. The maximum Gasteiger partial charge on any atom is 1.00 e. The maximum atomic E-state index is 12.5. The Labute approximate surface area is 143 Å². The van der Waals surface area contributed by atoms with E-state index in [0.29, 0.717) is 0 Å². The van der Waals surface area contributed by atoms with Gasteiger partial charge in [0.05, 0.1) is 17.2 Å². The molecule has 1 atom stereocenters. The molecule has 120 valence electrons. The van der Waals surface area contributed by atoms with E-state index < -0.39 is 45.5 Å². The molecule has 0 fully saturated rings. The fourth-order valence-electron chi connectivity index (χ4n) is 1.45. The second kappa shape index (κ2) is 7.05. The van der Waals surface area contributed by atoms with Crippen LogP contribution in [-0.4, -0.2) is 13.0 Å². The molecule has 0 unspecified atom stereocenters. The zero-order valence-corrected chi connectivity index (χ0v) is 13.9. The van der Waals surface area contributed by atoms with Crippen molar-refractivity contribution >= 4 is 10.4 Å². The Bertz CT molecular complexity index is 593. The number of benzene rings is 1. The van der Waals surface area contributed by atoms with Gasteiger partial charge in [-0.25, -0.2) is 8.42 Å². The van der Waals surface area contributed by atoms with Crippen molar-refractivity contribution in [2.45, 2.75) is 25.4 Å². The summed E-state index contributed by atoms with van der Waals surface area (Å²) < 4.78 is 110. The molecule has 0 amide bonds. The van der Waals surface area contributed by atoms with E-state index in [9.17, 15) is 39.3 Å². The van der Waals surface area contributed by atoms with Crippen LogP contribution in [0.4, 0.5) is 26.3 Å². The molecule has 0 aliphatic heterocycles. The van der Waals surface area contributed by atoms with Crippen molar-refractivity contribution in [1.29, 1.82) is 0 Å². The fourth-order valence-corrected chi connectivity index (χ4v) is 1.91. The number of hydrogen-bond donors (Lipinski definition) is 0. The molecule has 0 N–H and O–H groups in total. The van der Waals surface area contributed by atoms with Gasteiger partial charge in [0, 0.05) is 0 Å². The minimum absolute atomic E-state index is 0. The van der Waals surface area contributed by atoms with Crippen LogP contribution >= 0.6 is 0 Å². The van der Waals surface area contributed by atoms with E-state index >= 15 is 0 Å². The van der Waals surface area contributed by atoms with Crippen LogP contribution in [0.5, 0.6) is 0 Å². The molecule has 0 saturated carbocycles. The van der Waals surface area contributed by atoms with Crippen LogP contribution in [0.1, 0.15) is 29.7 Å². The molecule has 22 heavy (non-hydrogen) atoms. The molecule has 0 heterocycles. The summed E-state index contributed by atoms with van der Waals surface area (Å²) in [6.07, 6.45) is -12.0. The predicted octanol–water partition coefficient (Wildman–Crippen LogP) is 0.266. The van der Waals surface area contributed by atoms with Crippen LogP contribution in [0.15, 0.2) is 18.2 Å². The molecule has 0 aliphatic rings. The van der Waals surface area contributed by atoms with Gasteiger partial charge in [0.25, 0.3) is 0 Å². The van der Waals surface area contributed by atoms with Crippen LogP contribution in [-0.2, 0) is 26.9 Å². The first-order chi connectivity index (χ1) is 9.20. The molecule has 0 saturated heterocycles. The summed E-state index contributed by atoms with van der Waals surface area (Å²) >= 11 is 0. The zero-order valence-electron chi connectivity index (χ0n) is 11.1. The largest absolute Gasteiger partial charge is 1.00 e. The van der Waals surface area contributed by atoms with Gasteiger partial charge in [0.2, 0.25) is 10.4 Å². The molecule has 0 aromatic heterocycles. The second-order valence-corrected chi connectivity index (χ2v) is 4.99. The van der Waals surface area contributed by atoms with Gasteiger partial charge in [-0.15, -0.1) is 0 Å². The summed E-state index contributed by atoms with van der Waals surface area (Å²) in [5.74, 6) is 0. The predicted molar refractivity (Wildman–Crippen MR) is 55.6 cm³/mol. The first-order valence-electron chi connectivity index (χ1n) is 5.13. The van der Waals surface area contributed by atoms with Crippen molar-refractivity contribution < 1.29 is 73.1 Å². The monoisotopic (exact) mass is 360 g/mol. The maximum absolute atomic E-state index is 12.5. The van der Waals surface area contributed by atoms with E-state index in [-0.39, 0.29) is 47.8 Å². The quantitative estimate of drug-likeness (QED) is 0.336. The smallest absolute Gasteiger partial charge is 0.726 e. The van der Waals surface area contributed by atoms with Crippen molar-refractivity contribution in [2.24, 2.45) is 0 Å². The van der Waals surface area contributed by atoms with Gasteiger partial charge in [-0.3, -0.25) is 4.18 Å². The van der Waals surface area contributed by atoms with Crippen molar-refractivity contribution in [3.63, 3.8) is 0 Å². The van der Waals surface area contributed by atoms with Crippen molar-refractivity contribution in [3.8, 4) is 0 Å². The summed E-state index contributed by atoms with van der Waals surface area (Å²) in [6, 6.07) is 0.443. The van der Waals surface area contributed by atoms with Gasteiger partial charge in [-0.1, -0.05) is 0 Å². The second-order valence-electron chi connectivity index (χ2n) is 3.99. The minimum atomic E-state index is -5.28. The fraction of sp³-hybridized carbons (Fsp3) is 0.400. The summed E-state index contributed by atoms with van der Waals surface area (Å²) in [5, 5.41) is 0. The molecule has 0 bridgehead atoms. The number of halogens is 6. The summed E-state index contributed by atoms with van der Waals surface area (Å²) in [6.45, 7) is 0.838. The topological polar surface area (TPSA) is 66.4 Å². The van der Waals surface area contributed by atoms with E-state index in [0.717, 1.165) is 6.92 Å². The summed E-state index contributed by atoms with van der Waals surface area (Å²) in [7, 11) is -5.28. The Balaban J connectivity index is 0.00000441. The summed E-state index contributed by atoms with van der Waals surface area (Å²) in [5.41, 5.74) is -4.01. The number of alkyl halides is 6. The number of hydrogen-bond acceptors (Lipinski definition) is 4. The average Bonchev–Trinajstić information content (AvgIpc) is 2.23. The Kier molecular flexibility index (Phi) is 6.95. The normalized spacial score (nSPS) is 14.4. The molecule has 12 heteroatoms. The number of rotatable bonds is 3. The molecule has 4 nitrogen and oxygen atoms in total. The Morgan fingerprint density at radius 3 is 1.64 bits per heavy atom. The average molecular weight is 360 g/mol. The van der Waals surface area contributed by atoms with Gasteiger partial charge in [0.15, 0.2) is 0 Å². The van der Waals surface area contributed by atoms with Crippen LogP contribution in [0.2, 0.25) is 0 Å². The molecule has 0 aliphatic carbocycles. The van der Waals surface area contributed by atoms with Crippen LogP contribution in [0.25, 0.3) is 0 Å². The molecular formula is C10H7F6NaO4S. The van der Waals surface area contributed by atoms with Gasteiger partial charge < -0.3 is 4.55 Å². The third-order valence-electron chi connectivity index (χ3n) is 2.34. The molecule has 0 spiro atoms. The van der Waals surface area contributed by atoms with Crippen molar-refractivity contribution in [3.05, 3.63) is 34.9 Å². The van der Waals surface area contributed by atoms with E-state index in [4.69, 9.17) is 0 Å². The van der Waals surface area contributed by atoms with Crippen molar-refractivity contribution in [1.82, 2.24) is 0 Å². The van der Waals surface area contributed by atoms with E-state index in [1.807, 2.05) is 0 Å². The minimum Gasteiger partial charge on any atom is -0.726 e. The van der Waals surface area contributed by atoms with Crippen LogP contribution in [0.3, 0.4) is 0 Å². The van der Waals surface area contributed by atoms with E-state index in [2.05, 4.69) is 4.18 Å². The van der Waals surface area contributed by atoms with Gasteiger partial charge in [-0.2, -0.15) is 26.3 Å².